The number of aromatic nitrogens is 2. The third kappa shape index (κ3) is 1.78. The number of nitrogens with zero attached hydrogens (tertiary/aromatic N) is 3. The monoisotopic (exact) mass is 273 g/mol. The minimum atomic E-state index is 0.343. The van der Waals surface area contributed by atoms with Crippen molar-refractivity contribution in [1.82, 2.24) is 9.38 Å². The smallest absolute Gasteiger partial charge is 0.194 e. The molecule has 1 aromatic carbocycles. The van der Waals surface area contributed by atoms with E-state index in [4.69, 9.17) is 16.9 Å². The van der Waals surface area contributed by atoms with Crippen LogP contribution in [0.1, 0.15) is 5.69 Å². The molecule has 0 bridgehead atoms. The summed E-state index contributed by atoms with van der Waals surface area (Å²) in [5.74, 6) is 0. The van der Waals surface area contributed by atoms with E-state index in [-0.39, 0.29) is 0 Å². The average molecular weight is 274 g/mol. The first-order chi connectivity index (χ1) is 8.79. The van der Waals surface area contributed by atoms with Gasteiger partial charge < -0.3 is 0 Å². The molecule has 0 atom stereocenters. The summed E-state index contributed by atoms with van der Waals surface area (Å²) in [5.41, 5.74) is 2.77. The third-order valence-electron chi connectivity index (χ3n) is 2.73. The van der Waals surface area contributed by atoms with Crippen LogP contribution in [0.25, 0.3) is 16.2 Å². The standard InChI is InChI=1S/C13H8ClN3S/c14-10-3-1-9(2-4-10)12-11(5-6-15)17-7-8-18-13(17)16-12/h1-4,7-8H,5H2. The van der Waals surface area contributed by atoms with Gasteiger partial charge in [0, 0.05) is 22.2 Å². The van der Waals surface area contributed by atoms with Gasteiger partial charge in [-0.2, -0.15) is 5.26 Å². The number of nitriles is 1. The summed E-state index contributed by atoms with van der Waals surface area (Å²) < 4.78 is 1.97. The van der Waals surface area contributed by atoms with Gasteiger partial charge in [0.1, 0.15) is 0 Å². The van der Waals surface area contributed by atoms with Gasteiger partial charge in [-0.3, -0.25) is 4.40 Å². The van der Waals surface area contributed by atoms with Crippen molar-refractivity contribution in [2.75, 3.05) is 0 Å². The van der Waals surface area contributed by atoms with Crippen molar-refractivity contribution in [3.8, 4) is 17.3 Å². The van der Waals surface area contributed by atoms with E-state index in [0.717, 1.165) is 21.9 Å². The highest BCUT2D eigenvalue weighted by molar-refractivity contribution is 7.15. The maximum atomic E-state index is 8.94. The predicted octanol–water partition coefficient (Wildman–Crippen LogP) is 3.78. The molecule has 88 valence electrons. The highest BCUT2D eigenvalue weighted by atomic mass is 35.5. The van der Waals surface area contributed by atoms with E-state index in [2.05, 4.69) is 11.1 Å². The number of imidazole rings is 1. The summed E-state index contributed by atoms with van der Waals surface area (Å²) >= 11 is 7.44. The lowest BCUT2D eigenvalue weighted by molar-refractivity contribution is 1.07. The van der Waals surface area contributed by atoms with Gasteiger partial charge in [0.05, 0.1) is 23.9 Å². The molecule has 0 fully saturated rings. The van der Waals surface area contributed by atoms with Gasteiger partial charge in [0.2, 0.25) is 0 Å². The lowest BCUT2D eigenvalue weighted by Crippen LogP contribution is -1.91. The summed E-state index contributed by atoms with van der Waals surface area (Å²) in [4.78, 5) is 5.49. The Labute approximate surface area is 113 Å². The molecule has 0 radical (unpaired) electrons. The van der Waals surface area contributed by atoms with E-state index in [0.29, 0.717) is 11.4 Å². The van der Waals surface area contributed by atoms with Crippen LogP contribution in [0.5, 0.6) is 0 Å². The van der Waals surface area contributed by atoms with Crippen molar-refractivity contribution < 1.29 is 0 Å². The van der Waals surface area contributed by atoms with Crippen LogP contribution in [0, 0.1) is 11.3 Å². The van der Waals surface area contributed by atoms with E-state index >= 15 is 0 Å². The van der Waals surface area contributed by atoms with Gasteiger partial charge in [0.15, 0.2) is 4.96 Å². The molecule has 0 aliphatic rings. The molecular formula is C13H8ClN3S. The van der Waals surface area contributed by atoms with Crippen LogP contribution in [-0.2, 0) is 6.42 Å². The Morgan fingerprint density at radius 2 is 2.11 bits per heavy atom. The number of rotatable bonds is 2. The molecule has 3 aromatic rings. The van der Waals surface area contributed by atoms with Crippen LogP contribution >= 0.6 is 22.9 Å². The molecule has 2 aromatic heterocycles. The third-order valence-corrected chi connectivity index (χ3v) is 3.73. The molecule has 0 spiro atoms. The molecule has 0 aliphatic heterocycles. The molecule has 5 heteroatoms. The maximum Gasteiger partial charge on any atom is 0.194 e. The quantitative estimate of drug-likeness (QED) is 0.713. The van der Waals surface area contributed by atoms with Crippen LogP contribution < -0.4 is 0 Å². The summed E-state index contributed by atoms with van der Waals surface area (Å²) in [5, 5.41) is 11.6. The Bertz CT molecular complexity index is 734. The number of hydrogen-bond donors (Lipinski definition) is 0. The molecule has 0 unspecified atom stereocenters. The van der Waals surface area contributed by atoms with Crippen LogP contribution in [0.15, 0.2) is 35.8 Å². The molecule has 0 saturated heterocycles. The summed E-state index contributed by atoms with van der Waals surface area (Å²) in [7, 11) is 0. The first kappa shape index (κ1) is 11.3. The van der Waals surface area contributed by atoms with E-state index in [1.165, 1.54) is 0 Å². The van der Waals surface area contributed by atoms with Crippen LogP contribution in [0.4, 0.5) is 0 Å². The Balaban J connectivity index is 2.21. The van der Waals surface area contributed by atoms with Crippen molar-refractivity contribution >= 4 is 27.9 Å². The summed E-state index contributed by atoms with van der Waals surface area (Å²) in [6.07, 6.45) is 2.29. The SMILES string of the molecule is N#CCc1c(-c2ccc(Cl)cc2)nc2sccn12. The first-order valence-electron chi connectivity index (χ1n) is 5.37. The van der Waals surface area contributed by atoms with Gasteiger partial charge in [-0.1, -0.05) is 23.7 Å². The Morgan fingerprint density at radius 1 is 1.33 bits per heavy atom. The fourth-order valence-corrected chi connectivity index (χ4v) is 2.77. The van der Waals surface area contributed by atoms with Gasteiger partial charge in [0.25, 0.3) is 0 Å². The zero-order chi connectivity index (χ0) is 12.5. The fraction of sp³-hybridized carbons (Fsp3) is 0.0769. The lowest BCUT2D eigenvalue weighted by Gasteiger charge is -2.00. The minimum absolute atomic E-state index is 0.343. The van der Waals surface area contributed by atoms with Gasteiger partial charge >= 0.3 is 0 Å². The van der Waals surface area contributed by atoms with Gasteiger partial charge in [-0.05, 0) is 12.1 Å². The van der Waals surface area contributed by atoms with Gasteiger partial charge in [-0.15, -0.1) is 11.3 Å². The highest BCUT2D eigenvalue weighted by Crippen LogP contribution is 2.27. The molecule has 0 saturated carbocycles. The van der Waals surface area contributed by atoms with Crippen molar-refractivity contribution in [1.29, 1.82) is 5.26 Å². The largest absolute Gasteiger partial charge is 0.293 e. The molecule has 3 rings (SSSR count). The molecule has 0 amide bonds. The zero-order valence-electron chi connectivity index (χ0n) is 9.30. The number of hydrogen-bond acceptors (Lipinski definition) is 3. The van der Waals surface area contributed by atoms with Crippen molar-refractivity contribution in [3.63, 3.8) is 0 Å². The van der Waals surface area contributed by atoms with Crippen molar-refractivity contribution in [2.45, 2.75) is 6.42 Å². The highest BCUT2D eigenvalue weighted by Gasteiger charge is 2.14. The normalized spacial score (nSPS) is 10.7. The van der Waals surface area contributed by atoms with E-state index < -0.39 is 0 Å². The van der Waals surface area contributed by atoms with E-state index in [9.17, 15) is 0 Å². The Hall–Kier alpha value is -1.83. The Kier molecular flexibility index (Phi) is 2.78. The van der Waals surface area contributed by atoms with Gasteiger partial charge in [-0.25, -0.2) is 4.98 Å². The van der Waals surface area contributed by atoms with Crippen LogP contribution in [-0.4, -0.2) is 9.38 Å². The fourth-order valence-electron chi connectivity index (χ4n) is 1.92. The summed E-state index contributed by atoms with van der Waals surface area (Å²) in [6, 6.07) is 9.71. The number of halogens is 1. The van der Waals surface area contributed by atoms with Crippen molar-refractivity contribution in [2.24, 2.45) is 0 Å². The minimum Gasteiger partial charge on any atom is -0.293 e. The molecule has 0 N–H and O–H groups in total. The lowest BCUT2D eigenvalue weighted by atomic mass is 10.1. The van der Waals surface area contributed by atoms with Crippen LogP contribution in [0.3, 0.4) is 0 Å². The molecule has 18 heavy (non-hydrogen) atoms. The molecular weight excluding hydrogens is 266 g/mol. The molecule has 2 heterocycles. The number of benzene rings is 1. The number of thiazole rings is 1. The molecule has 0 aliphatic carbocycles. The van der Waals surface area contributed by atoms with Crippen LogP contribution in [0.2, 0.25) is 5.02 Å². The number of fused-ring (bicyclic) bond motifs is 1. The maximum absolute atomic E-state index is 8.94. The summed E-state index contributed by atoms with van der Waals surface area (Å²) in [6.45, 7) is 0. The second-order valence-electron chi connectivity index (χ2n) is 3.80. The zero-order valence-corrected chi connectivity index (χ0v) is 10.9. The Morgan fingerprint density at radius 3 is 2.83 bits per heavy atom. The average Bonchev–Trinajstić information content (AvgIpc) is 2.93. The van der Waals surface area contributed by atoms with E-state index in [1.807, 2.05) is 40.2 Å². The second kappa shape index (κ2) is 4.45. The van der Waals surface area contributed by atoms with Crippen molar-refractivity contribution in [3.05, 3.63) is 46.6 Å². The molecule has 3 nitrogen and oxygen atoms in total. The predicted molar refractivity (Wildman–Crippen MR) is 72.8 cm³/mol. The topological polar surface area (TPSA) is 41.1 Å². The van der Waals surface area contributed by atoms with E-state index in [1.54, 1.807) is 11.3 Å². The first-order valence-corrected chi connectivity index (χ1v) is 6.62. The second-order valence-corrected chi connectivity index (χ2v) is 5.11.